The lowest BCUT2D eigenvalue weighted by Gasteiger charge is -2.33. The number of ether oxygens (including phenoxy) is 1. The second kappa shape index (κ2) is 6.31. The number of benzene rings is 1. The molecule has 1 aliphatic heterocycles. The Morgan fingerprint density at radius 2 is 1.96 bits per heavy atom. The van der Waals surface area contributed by atoms with Crippen LogP contribution in [0.15, 0.2) is 30.6 Å². The van der Waals surface area contributed by atoms with E-state index in [9.17, 15) is 4.39 Å². The SMILES string of the molecule is Cc1c(N2CCC(Oc3cccc(F)c3)CC2)nn2cnnc2c1C. The molecule has 0 unspecified atom stereocenters. The zero-order chi connectivity index (χ0) is 17.4. The molecule has 1 aliphatic rings. The average molecular weight is 341 g/mol. The minimum atomic E-state index is -0.271. The van der Waals surface area contributed by atoms with Crippen molar-refractivity contribution in [3.63, 3.8) is 0 Å². The van der Waals surface area contributed by atoms with Crippen molar-refractivity contribution < 1.29 is 9.13 Å². The average Bonchev–Trinajstić information content (AvgIpc) is 3.08. The molecule has 0 amide bonds. The maximum absolute atomic E-state index is 13.3. The van der Waals surface area contributed by atoms with Crippen molar-refractivity contribution in [1.29, 1.82) is 0 Å². The molecule has 0 radical (unpaired) electrons. The molecule has 0 saturated carbocycles. The third-order valence-corrected chi connectivity index (χ3v) is 4.81. The third-order valence-electron chi connectivity index (χ3n) is 4.81. The molecule has 6 nitrogen and oxygen atoms in total. The lowest BCUT2D eigenvalue weighted by atomic mass is 10.1. The van der Waals surface area contributed by atoms with Gasteiger partial charge in [-0.05, 0) is 26.0 Å². The summed E-state index contributed by atoms with van der Waals surface area (Å²) >= 11 is 0. The molecule has 3 aromatic rings. The zero-order valence-corrected chi connectivity index (χ0v) is 14.3. The van der Waals surface area contributed by atoms with Gasteiger partial charge in [0.15, 0.2) is 11.5 Å². The van der Waals surface area contributed by atoms with E-state index in [1.54, 1.807) is 23.0 Å². The highest BCUT2D eigenvalue weighted by Crippen LogP contribution is 2.27. The summed E-state index contributed by atoms with van der Waals surface area (Å²) in [6.45, 7) is 5.81. The van der Waals surface area contributed by atoms with Gasteiger partial charge in [0, 0.05) is 43.1 Å². The van der Waals surface area contributed by atoms with E-state index in [-0.39, 0.29) is 11.9 Å². The van der Waals surface area contributed by atoms with Crippen molar-refractivity contribution in [2.24, 2.45) is 0 Å². The molecule has 1 saturated heterocycles. The molecule has 130 valence electrons. The number of hydrogen-bond acceptors (Lipinski definition) is 5. The van der Waals surface area contributed by atoms with Crippen LogP contribution in [0.2, 0.25) is 0 Å². The first-order valence-electron chi connectivity index (χ1n) is 8.46. The first-order valence-corrected chi connectivity index (χ1v) is 8.46. The number of rotatable bonds is 3. The van der Waals surface area contributed by atoms with Crippen LogP contribution < -0.4 is 9.64 Å². The summed E-state index contributed by atoms with van der Waals surface area (Å²) in [5.74, 6) is 1.29. The van der Waals surface area contributed by atoms with Crippen molar-refractivity contribution in [3.8, 4) is 5.75 Å². The molecular formula is C18H20FN5O. The van der Waals surface area contributed by atoms with E-state index in [0.717, 1.165) is 48.5 Å². The summed E-state index contributed by atoms with van der Waals surface area (Å²) < 4.78 is 20.9. The highest BCUT2D eigenvalue weighted by molar-refractivity contribution is 5.58. The van der Waals surface area contributed by atoms with Gasteiger partial charge in [0.05, 0.1) is 0 Å². The van der Waals surface area contributed by atoms with Crippen LogP contribution in [-0.4, -0.2) is 39.0 Å². The van der Waals surface area contributed by atoms with Crippen LogP contribution in [0.4, 0.5) is 10.2 Å². The van der Waals surface area contributed by atoms with Crippen LogP contribution in [0.5, 0.6) is 5.75 Å². The Hall–Kier alpha value is -2.70. The second-order valence-electron chi connectivity index (χ2n) is 6.43. The van der Waals surface area contributed by atoms with Crippen molar-refractivity contribution in [2.45, 2.75) is 32.8 Å². The molecule has 3 heterocycles. The second-order valence-corrected chi connectivity index (χ2v) is 6.43. The van der Waals surface area contributed by atoms with E-state index in [1.165, 1.54) is 12.1 Å². The minimum absolute atomic E-state index is 0.0955. The molecule has 4 rings (SSSR count). The molecule has 7 heteroatoms. The molecule has 0 spiro atoms. The Kier molecular flexibility index (Phi) is 3.99. The van der Waals surface area contributed by atoms with Gasteiger partial charge in [-0.2, -0.15) is 4.52 Å². The molecule has 1 aromatic carbocycles. The summed E-state index contributed by atoms with van der Waals surface area (Å²) in [6, 6.07) is 6.32. The smallest absolute Gasteiger partial charge is 0.180 e. The number of hydrogen-bond donors (Lipinski definition) is 0. The highest BCUT2D eigenvalue weighted by Gasteiger charge is 2.24. The van der Waals surface area contributed by atoms with Gasteiger partial charge in [-0.3, -0.25) is 0 Å². The van der Waals surface area contributed by atoms with Gasteiger partial charge in [-0.15, -0.1) is 15.3 Å². The fourth-order valence-electron chi connectivity index (χ4n) is 3.28. The molecule has 1 fully saturated rings. The zero-order valence-electron chi connectivity index (χ0n) is 14.3. The first kappa shape index (κ1) is 15.8. The number of piperidine rings is 1. The molecule has 0 bridgehead atoms. The van der Waals surface area contributed by atoms with Crippen LogP contribution >= 0.6 is 0 Å². The minimum Gasteiger partial charge on any atom is -0.490 e. The molecule has 0 N–H and O–H groups in total. The quantitative estimate of drug-likeness (QED) is 0.733. The number of nitrogens with zero attached hydrogens (tertiary/aromatic N) is 5. The largest absolute Gasteiger partial charge is 0.490 e. The number of fused-ring (bicyclic) bond motifs is 1. The van der Waals surface area contributed by atoms with Gasteiger partial charge in [0.1, 0.15) is 24.0 Å². The summed E-state index contributed by atoms with van der Waals surface area (Å²) in [6.07, 6.45) is 3.47. The Morgan fingerprint density at radius 3 is 2.72 bits per heavy atom. The van der Waals surface area contributed by atoms with E-state index in [0.29, 0.717) is 5.75 Å². The molecular weight excluding hydrogens is 321 g/mol. The lowest BCUT2D eigenvalue weighted by molar-refractivity contribution is 0.170. The van der Waals surface area contributed by atoms with Crippen molar-refractivity contribution in [2.75, 3.05) is 18.0 Å². The van der Waals surface area contributed by atoms with E-state index in [2.05, 4.69) is 27.1 Å². The normalized spacial score (nSPS) is 15.7. The topological polar surface area (TPSA) is 55.5 Å². The predicted octanol–water partition coefficient (Wildman–Crippen LogP) is 2.93. The van der Waals surface area contributed by atoms with Crippen LogP contribution in [0.1, 0.15) is 24.0 Å². The van der Waals surface area contributed by atoms with E-state index in [4.69, 9.17) is 4.74 Å². The Balaban J connectivity index is 1.48. The van der Waals surface area contributed by atoms with Gasteiger partial charge < -0.3 is 9.64 Å². The van der Waals surface area contributed by atoms with Crippen LogP contribution in [0.25, 0.3) is 5.65 Å². The van der Waals surface area contributed by atoms with Gasteiger partial charge in [0.25, 0.3) is 0 Å². The van der Waals surface area contributed by atoms with E-state index >= 15 is 0 Å². The Labute approximate surface area is 145 Å². The van der Waals surface area contributed by atoms with Crippen molar-refractivity contribution >= 4 is 11.5 Å². The summed E-state index contributed by atoms with van der Waals surface area (Å²) in [5, 5.41) is 12.7. The predicted molar refractivity (Wildman–Crippen MR) is 92.5 cm³/mol. The standard InChI is InChI=1S/C18H20FN5O/c1-12-13(2)18(22-24-11-20-21-17(12)24)23-8-6-15(7-9-23)25-16-5-3-4-14(19)10-16/h3-5,10-11,15H,6-9H2,1-2H3. The van der Waals surface area contributed by atoms with Gasteiger partial charge >= 0.3 is 0 Å². The maximum Gasteiger partial charge on any atom is 0.180 e. The monoisotopic (exact) mass is 341 g/mol. The number of anilines is 1. The van der Waals surface area contributed by atoms with Crippen molar-refractivity contribution in [1.82, 2.24) is 19.8 Å². The van der Waals surface area contributed by atoms with E-state index in [1.807, 2.05) is 6.92 Å². The van der Waals surface area contributed by atoms with Gasteiger partial charge in [-0.25, -0.2) is 4.39 Å². The highest BCUT2D eigenvalue weighted by atomic mass is 19.1. The molecule has 2 aromatic heterocycles. The Bertz CT molecular complexity index is 902. The summed E-state index contributed by atoms with van der Waals surface area (Å²) in [5.41, 5.74) is 3.02. The molecule has 25 heavy (non-hydrogen) atoms. The Morgan fingerprint density at radius 1 is 1.16 bits per heavy atom. The number of halogens is 1. The third kappa shape index (κ3) is 3.01. The maximum atomic E-state index is 13.3. The van der Waals surface area contributed by atoms with Crippen LogP contribution in [0.3, 0.4) is 0 Å². The summed E-state index contributed by atoms with van der Waals surface area (Å²) in [4.78, 5) is 2.27. The number of aryl methyl sites for hydroxylation is 1. The van der Waals surface area contributed by atoms with Gasteiger partial charge in [0.2, 0.25) is 0 Å². The van der Waals surface area contributed by atoms with E-state index < -0.39 is 0 Å². The van der Waals surface area contributed by atoms with Crippen LogP contribution in [-0.2, 0) is 0 Å². The fraction of sp³-hybridized carbons (Fsp3) is 0.389. The lowest BCUT2D eigenvalue weighted by Crippen LogP contribution is -2.39. The summed E-state index contributed by atoms with van der Waals surface area (Å²) in [7, 11) is 0. The molecule has 0 atom stereocenters. The fourth-order valence-corrected chi connectivity index (χ4v) is 3.28. The first-order chi connectivity index (χ1) is 12.1. The molecule has 0 aliphatic carbocycles. The van der Waals surface area contributed by atoms with Crippen LogP contribution in [0, 0.1) is 19.7 Å². The van der Waals surface area contributed by atoms with Gasteiger partial charge in [-0.1, -0.05) is 6.07 Å². The number of aromatic nitrogens is 4. The van der Waals surface area contributed by atoms with Crippen molar-refractivity contribution in [3.05, 3.63) is 47.5 Å².